The SMILES string of the molecule is CN=Cc1ccccc1O.[Ir]. The summed E-state index contributed by atoms with van der Waals surface area (Å²) < 4.78 is 0. The third kappa shape index (κ3) is 2.83. The minimum atomic E-state index is 0. The summed E-state index contributed by atoms with van der Waals surface area (Å²) in [7, 11) is 1.67. The second kappa shape index (κ2) is 5.05. The Morgan fingerprint density at radius 1 is 1.36 bits per heavy atom. The van der Waals surface area contributed by atoms with Crippen LogP contribution >= 0.6 is 0 Å². The van der Waals surface area contributed by atoms with Gasteiger partial charge in [-0.2, -0.15) is 0 Å². The maximum absolute atomic E-state index is 9.15. The van der Waals surface area contributed by atoms with E-state index in [0.29, 0.717) is 0 Å². The number of aliphatic imine (C=N–C) groups is 1. The van der Waals surface area contributed by atoms with E-state index in [0.717, 1.165) is 5.56 Å². The summed E-state index contributed by atoms with van der Waals surface area (Å²) in [4.78, 5) is 3.78. The summed E-state index contributed by atoms with van der Waals surface area (Å²) >= 11 is 0. The number of aromatic hydroxyl groups is 1. The van der Waals surface area contributed by atoms with Crippen molar-refractivity contribution >= 4 is 6.21 Å². The number of phenols is 1. The molecule has 61 valence electrons. The molecule has 1 aromatic carbocycles. The molecule has 0 fully saturated rings. The number of para-hydroxylation sites is 1. The van der Waals surface area contributed by atoms with E-state index in [1.54, 1.807) is 25.4 Å². The predicted octanol–water partition coefficient (Wildman–Crippen LogP) is 1.44. The van der Waals surface area contributed by atoms with E-state index >= 15 is 0 Å². The van der Waals surface area contributed by atoms with Crippen LogP contribution in [-0.4, -0.2) is 18.4 Å². The summed E-state index contributed by atoms with van der Waals surface area (Å²) in [6.07, 6.45) is 1.62. The smallest absolute Gasteiger partial charge is 0.124 e. The van der Waals surface area contributed by atoms with E-state index in [1.807, 2.05) is 12.1 Å². The van der Waals surface area contributed by atoms with Crippen LogP contribution in [0, 0.1) is 0 Å². The Morgan fingerprint density at radius 3 is 2.55 bits per heavy atom. The summed E-state index contributed by atoms with van der Waals surface area (Å²) in [6, 6.07) is 7.08. The molecule has 1 N–H and O–H groups in total. The third-order valence-corrected chi connectivity index (χ3v) is 1.20. The standard InChI is InChI=1S/C8H9NO.Ir/c1-9-6-7-4-2-3-5-8(7)10;/h2-6,10H,1H3;. The van der Waals surface area contributed by atoms with Gasteiger partial charge in [0.15, 0.2) is 0 Å². The first-order valence-electron chi connectivity index (χ1n) is 3.05. The first-order valence-corrected chi connectivity index (χ1v) is 3.05. The van der Waals surface area contributed by atoms with Crippen LogP contribution in [0.5, 0.6) is 5.75 Å². The van der Waals surface area contributed by atoms with Crippen LogP contribution in [0.1, 0.15) is 5.56 Å². The van der Waals surface area contributed by atoms with E-state index in [1.165, 1.54) is 0 Å². The largest absolute Gasteiger partial charge is 0.507 e. The molecule has 0 aliphatic carbocycles. The molecule has 0 saturated heterocycles. The van der Waals surface area contributed by atoms with Gasteiger partial charge in [-0.3, -0.25) is 4.99 Å². The second-order valence-corrected chi connectivity index (χ2v) is 1.95. The molecule has 0 bridgehead atoms. The predicted molar refractivity (Wildman–Crippen MR) is 41.6 cm³/mol. The van der Waals surface area contributed by atoms with Crippen LogP contribution in [-0.2, 0) is 20.1 Å². The molecule has 0 spiro atoms. The van der Waals surface area contributed by atoms with Crippen molar-refractivity contribution in [3.8, 4) is 5.75 Å². The molecule has 0 aliphatic rings. The topological polar surface area (TPSA) is 32.6 Å². The van der Waals surface area contributed by atoms with Gasteiger partial charge in [0.25, 0.3) is 0 Å². The van der Waals surface area contributed by atoms with Crippen molar-refractivity contribution in [3.05, 3.63) is 29.8 Å². The maximum atomic E-state index is 9.15. The summed E-state index contributed by atoms with van der Waals surface area (Å²) in [5.74, 6) is 0.271. The Balaban J connectivity index is 0.000001000. The first kappa shape index (κ1) is 10.3. The van der Waals surface area contributed by atoms with E-state index < -0.39 is 0 Å². The average Bonchev–Trinajstić information content (AvgIpc) is 1.94. The fraction of sp³-hybridized carbons (Fsp3) is 0.125. The molecule has 0 amide bonds. The monoisotopic (exact) mass is 328 g/mol. The normalized spacial score (nSPS) is 9.55. The number of hydrogen-bond acceptors (Lipinski definition) is 2. The van der Waals surface area contributed by atoms with Crippen molar-refractivity contribution in [1.29, 1.82) is 0 Å². The average molecular weight is 327 g/mol. The van der Waals surface area contributed by atoms with Crippen molar-refractivity contribution in [2.75, 3.05) is 7.05 Å². The van der Waals surface area contributed by atoms with Gasteiger partial charge in [0.05, 0.1) is 0 Å². The maximum Gasteiger partial charge on any atom is 0.124 e. The van der Waals surface area contributed by atoms with Crippen LogP contribution in [0.3, 0.4) is 0 Å². The van der Waals surface area contributed by atoms with Gasteiger partial charge in [-0.25, -0.2) is 0 Å². The Hall–Kier alpha value is -0.661. The minimum Gasteiger partial charge on any atom is -0.507 e. The molecule has 0 heterocycles. The molecule has 0 aliphatic heterocycles. The number of benzene rings is 1. The van der Waals surface area contributed by atoms with Crippen molar-refractivity contribution in [1.82, 2.24) is 0 Å². The fourth-order valence-electron chi connectivity index (χ4n) is 0.736. The van der Waals surface area contributed by atoms with E-state index in [-0.39, 0.29) is 25.9 Å². The molecule has 11 heavy (non-hydrogen) atoms. The molecule has 0 atom stereocenters. The van der Waals surface area contributed by atoms with Gasteiger partial charge in [-0.15, -0.1) is 0 Å². The Morgan fingerprint density at radius 2 is 2.00 bits per heavy atom. The molecule has 1 radical (unpaired) electrons. The third-order valence-electron chi connectivity index (χ3n) is 1.20. The Kier molecular flexibility index (Phi) is 4.75. The number of nitrogens with zero attached hydrogens (tertiary/aromatic N) is 1. The Bertz CT molecular complexity index is 248. The van der Waals surface area contributed by atoms with Gasteiger partial charge in [-0.05, 0) is 12.1 Å². The number of hydrogen-bond donors (Lipinski definition) is 1. The molecule has 0 saturated carbocycles. The fourth-order valence-corrected chi connectivity index (χ4v) is 0.736. The zero-order chi connectivity index (χ0) is 7.40. The zero-order valence-corrected chi connectivity index (χ0v) is 8.51. The molecular formula is C8H9IrNO. The van der Waals surface area contributed by atoms with Crippen LogP contribution in [0.4, 0.5) is 0 Å². The first-order chi connectivity index (χ1) is 4.84. The van der Waals surface area contributed by atoms with Gasteiger partial charge in [0, 0.05) is 38.9 Å². The molecule has 0 unspecified atom stereocenters. The van der Waals surface area contributed by atoms with E-state index in [9.17, 15) is 0 Å². The van der Waals surface area contributed by atoms with Gasteiger partial charge in [0.1, 0.15) is 5.75 Å². The molecule has 3 heteroatoms. The minimum absolute atomic E-state index is 0. The second-order valence-electron chi connectivity index (χ2n) is 1.95. The summed E-state index contributed by atoms with van der Waals surface area (Å²) in [5.41, 5.74) is 0.755. The molecule has 0 aromatic heterocycles. The van der Waals surface area contributed by atoms with Crippen molar-refractivity contribution in [2.45, 2.75) is 0 Å². The summed E-state index contributed by atoms with van der Waals surface area (Å²) in [6.45, 7) is 0. The quantitative estimate of drug-likeness (QED) is 0.778. The zero-order valence-electron chi connectivity index (χ0n) is 6.11. The number of rotatable bonds is 1. The van der Waals surface area contributed by atoms with Gasteiger partial charge >= 0.3 is 0 Å². The molecular weight excluding hydrogens is 318 g/mol. The van der Waals surface area contributed by atoms with Crippen molar-refractivity contribution in [3.63, 3.8) is 0 Å². The van der Waals surface area contributed by atoms with Crippen LogP contribution in [0.25, 0.3) is 0 Å². The van der Waals surface area contributed by atoms with E-state index in [4.69, 9.17) is 5.11 Å². The van der Waals surface area contributed by atoms with E-state index in [2.05, 4.69) is 4.99 Å². The molecule has 1 rings (SSSR count). The van der Waals surface area contributed by atoms with Crippen molar-refractivity contribution in [2.24, 2.45) is 4.99 Å². The van der Waals surface area contributed by atoms with Gasteiger partial charge < -0.3 is 5.11 Å². The van der Waals surface area contributed by atoms with Crippen LogP contribution < -0.4 is 0 Å². The van der Waals surface area contributed by atoms with Crippen molar-refractivity contribution < 1.29 is 25.2 Å². The molecule has 2 nitrogen and oxygen atoms in total. The number of phenolic OH excluding ortho intramolecular Hbond substituents is 1. The summed E-state index contributed by atoms with van der Waals surface area (Å²) in [5, 5.41) is 9.15. The van der Waals surface area contributed by atoms with Gasteiger partial charge in [0.2, 0.25) is 0 Å². The van der Waals surface area contributed by atoms with Crippen LogP contribution in [0.15, 0.2) is 29.3 Å². The Labute approximate surface area is 79.3 Å². The molecule has 1 aromatic rings. The van der Waals surface area contributed by atoms with Gasteiger partial charge in [-0.1, -0.05) is 12.1 Å². The van der Waals surface area contributed by atoms with Crippen LogP contribution in [0.2, 0.25) is 0 Å².